The summed E-state index contributed by atoms with van der Waals surface area (Å²) in [5.74, 6) is 1.75. The average Bonchev–Trinajstić information content (AvgIpc) is 3.05. The molecule has 0 unspecified atom stereocenters. The fourth-order valence-electron chi connectivity index (χ4n) is 7.61. The van der Waals surface area contributed by atoms with E-state index in [-0.39, 0.29) is 34.2 Å². The minimum Gasteiger partial charge on any atom is -0.493 e. The van der Waals surface area contributed by atoms with Gasteiger partial charge in [-0.15, -0.1) is 0 Å². The topological polar surface area (TPSA) is 55.8 Å². The van der Waals surface area contributed by atoms with Crippen LogP contribution in [-0.4, -0.2) is 30.7 Å². The van der Waals surface area contributed by atoms with Gasteiger partial charge in [0.25, 0.3) is 0 Å². The summed E-state index contributed by atoms with van der Waals surface area (Å²) in [6.07, 6.45) is 10.4. The molecule has 4 aliphatic carbocycles. The van der Waals surface area contributed by atoms with Crippen molar-refractivity contribution in [1.29, 1.82) is 0 Å². The number of hydrogen-bond acceptors (Lipinski definition) is 4. The molecule has 3 fully saturated rings. The normalized spacial score (nSPS) is 38.3. The number of methoxy groups -OCH3 is 1. The number of ether oxygens (including phenoxy) is 2. The predicted molar refractivity (Wildman–Crippen MR) is 126 cm³/mol. The molecule has 6 atom stereocenters. The number of aliphatic hydroxyl groups excluding tert-OH is 1. The first-order valence-corrected chi connectivity index (χ1v) is 12.4. The Hall–Kier alpha value is -2.21. The number of hydrogen-bond donors (Lipinski definition) is 1. The summed E-state index contributed by atoms with van der Waals surface area (Å²) in [6, 6.07) is 4.81. The van der Waals surface area contributed by atoms with E-state index >= 15 is 0 Å². The van der Waals surface area contributed by atoms with Crippen molar-refractivity contribution in [2.45, 2.75) is 71.5 Å². The fraction of sp³-hybridized carbons (Fsp3) is 0.607. The SMILES string of the molecule is COc1cc(/C=C2/C[C@@H]3[C@H]4CC=C5C[C@@H](O)CC[C@]5(C)[C@@H]4CC[C@@]3(C)C2=O)ccc1OC(F)F. The lowest BCUT2D eigenvalue weighted by Crippen LogP contribution is -2.50. The number of halogens is 2. The lowest BCUT2D eigenvalue weighted by molar-refractivity contribution is -0.130. The molecule has 0 aliphatic heterocycles. The molecule has 184 valence electrons. The molecule has 0 amide bonds. The molecule has 0 heterocycles. The van der Waals surface area contributed by atoms with Crippen molar-refractivity contribution in [3.05, 3.63) is 41.0 Å². The number of rotatable bonds is 4. The Morgan fingerprint density at radius 2 is 1.85 bits per heavy atom. The van der Waals surface area contributed by atoms with E-state index in [0.717, 1.165) is 56.1 Å². The minimum atomic E-state index is -2.93. The Kier molecular flexibility index (Phi) is 5.86. The van der Waals surface area contributed by atoms with Crippen molar-refractivity contribution in [2.75, 3.05) is 7.11 Å². The number of ketones is 1. The van der Waals surface area contributed by atoms with Crippen molar-refractivity contribution >= 4 is 11.9 Å². The van der Waals surface area contributed by atoms with Gasteiger partial charge in [0.05, 0.1) is 13.2 Å². The highest BCUT2D eigenvalue weighted by molar-refractivity contribution is 6.06. The second-order valence-electron chi connectivity index (χ2n) is 11.1. The summed E-state index contributed by atoms with van der Waals surface area (Å²) in [5, 5.41) is 10.2. The number of carbonyl (C=O) groups excluding carboxylic acids is 1. The number of benzene rings is 1. The first-order valence-electron chi connectivity index (χ1n) is 12.4. The first-order chi connectivity index (χ1) is 16.2. The largest absolute Gasteiger partial charge is 0.493 e. The van der Waals surface area contributed by atoms with Crippen molar-refractivity contribution in [2.24, 2.45) is 28.6 Å². The number of allylic oxidation sites excluding steroid dienone is 2. The third-order valence-corrected chi connectivity index (χ3v) is 9.46. The molecular weight excluding hydrogens is 438 g/mol. The molecular formula is C28H34F2O4. The molecule has 1 N–H and O–H groups in total. The van der Waals surface area contributed by atoms with Gasteiger partial charge in [-0.05, 0) is 97.5 Å². The lowest BCUT2D eigenvalue weighted by atomic mass is 9.48. The Balaban J connectivity index is 1.43. The van der Waals surface area contributed by atoms with E-state index in [4.69, 9.17) is 4.74 Å². The van der Waals surface area contributed by atoms with Gasteiger partial charge in [-0.2, -0.15) is 8.78 Å². The number of Topliss-reactive ketones (excluding diaryl/α,β-unsaturated/α-hetero) is 1. The van der Waals surface area contributed by atoms with Crippen LogP contribution in [0, 0.1) is 28.6 Å². The summed E-state index contributed by atoms with van der Waals surface area (Å²) in [5.41, 5.74) is 2.77. The second kappa shape index (κ2) is 8.47. The van der Waals surface area contributed by atoms with Gasteiger partial charge in [0.1, 0.15) is 0 Å². The minimum absolute atomic E-state index is 0.0171. The van der Waals surface area contributed by atoms with E-state index in [0.29, 0.717) is 17.8 Å². The average molecular weight is 473 g/mol. The molecule has 4 nitrogen and oxygen atoms in total. The van der Waals surface area contributed by atoms with Crippen LogP contribution in [0.2, 0.25) is 0 Å². The van der Waals surface area contributed by atoms with Crippen LogP contribution in [0.25, 0.3) is 6.08 Å². The maximum absolute atomic E-state index is 13.6. The fourth-order valence-corrected chi connectivity index (χ4v) is 7.61. The third-order valence-electron chi connectivity index (χ3n) is 9.46. The highest BCUT2D eigenvalue weighted by Gasteiger charge is 2.59. The Labute approximate surface area is 200 Å². The quantitative estimate of drug-likeness (QED) is 0.420. The van der Waals surface area contributed by atoms with Gasteiger partial charge in [-0.25, -0.2) is 0 Å². The molecule has 1 aromatic rings. The summed E-state index contributed by atoms with van der Waals surface area (Å²) >= 11 is 0. The highest BCUT2D eigenvalue weighted by Crippen LogP contribution is 2.64. The van der Waals surface area contributed by atoms with E-state index in [1.54, 1.807) is 12.1 Å². The Morgan fingerprint density at radius 3 is 2.59 bits per heavy atom. The van der Waals surface area contributed by atoms with Gasteiger partial charge in [0.2, 0.25) is 0 Å². The third kappa shape index (κ3) is 3.69. The molecule has 4 aliphatic rings. The number of fused-ring (bicyclic) bond motifs is 5. The zero-order valence-corrected chi connectivity index (χ0v) is 20.2. The van der Waals surface area contributed by atoms with E-state index in [2.05, 4.69) is 24.7 Å². The van der Waals surface area contributed by atoms with Crippen LogP contribution in [0.5, 0.6) is 11.5 Å². The Bertz CT molecular complexity index is 1050. The molecule has 6 heteroatoms. The van der Waals surface area contributed by atoms with E-state index in [9.17, 15) is 18.7 Å². The molecule has 0 spiro atoms. The first kappa shape index (κ1) is 23.5. The highest BCUT2D eigenvalue weighted by atomic mass is 19.3. The second-order valence-corrected chi connectivity index (χ2v) is 11.1. The molecule has 34 heavy (non-hydrogen) atoms. The molecule has 0 bridgehead atoms. The zero-order valence-electron chi connectivity index (χ0n) is 20.2. The molecule has 5 rings (SSSR count). The number of alkyl halides is 2. The summed E-state index contributed by atoms with van der Waals surface area (Å²) in [4.78, 5) is 13.6. The summed E-state index contributed by atoms with van der Waals surface area (Å²) in [6.45, 7) is 1.60. The Morgan fingerprint density at radius 1 is 1.09 bits per heavy atom. The smallest absolute Gasteiger partial charge is 0.387 e. The van der Waals surface area contributed by atoms with Crippen molar-refractivity contribution in [3.63, 3.8) is 0 Å². The molecule has 0 radical (unpaired) electrons. The van der Waals surface area contributed by atoms with Crippen LogP contribution in [0.4, 0.5) is 8.78 Å². The molecule has 3 saturated carbocycles. The predicted octanol–water partition coefficient (Wildman–Crippen LogP) is 6.18. The maximum atomic E-state index is 13.6. The molecule has 0 saturated heterocycles. The van der Waals surface area contributed by atoms with Crippen LogP contribution in [0.3, 0.4) is 0 Å². The number of carbonyl (C=O) groups is 1. The van der Waals surface area contributed by atoms with Crippen LogP contribution >= 0.6 is 0 Å². The summed E-state index contributed by atoms with van der Waals surface area (Å²) < 4.78 is 35.1. The zero-order chi connectivity index (χ0) is 24.3. The van der Waals surface area contributed by atoms with Crippen molar-refractivity contribution in [3.8, 4) is 11.5 Å². The van der Waals surface area contributed by atoms with E-state index in [1.807, 2.05) is 6.08 Å². The van der Waals surface area contributed by atoms with Gasteiger partial charge in [0, 0.05) is 5.41 Å². The maximum Gasteiger partial charge on any atom is 0.387 e. The standard InChI is InChI=1S/C28H34F2O4/c1-27-10-8-19(31)15-18(27)5-6-20-21(27)9-11-28(2)22(20)14-17(25(28)32)12-16-4-7-23(34-26(29)30)24(13-16)33-3/h4-5,7,12-13,19-22,26,31H,6,8-11,14-15H2,1-3H3/b17-12-/t19-,20-,21+,22+,27-,28+/m0/s1. The monoisotopic (exact) mass is 472 g/mol. The van der Waals surface area contributed by atoms with Gasteiger partial charge in [-0.1, -0.05) is 31.6 Å². The van der Waals surface area contributed by atoms with Crippen LogP contribution in [0.1, 0.15) is 64.4 Å². The van der Waals surface area contributed by atoms with Gasteiger partial charge < -0.3 is 14.6 Å². The van der Waals surface area contributed by atoms with Gasteiger partial charge in [-0.3, -0.25) is 4.79 Å². The lowest BCUT2D eigenvalue weighted by Gasteiger charge is -2.56. The molecule has 1 aromatic carbocycles. The van der Waals surface area contributed by atoms with Crippen LogP contribution < -0.4 is 9.47 Å². The van der Waals surface area contributed by atoms with Crippen LogP contribution in [0.15, 0.2) is 35.4 Å². The van der Waals surface area contributed by atoms with Gasteiger partial charge >= 0.3 is 6.61 Å². The number of aliphatic hydroxyl groups is 1. The van der Waals surface area contributed by atoms with Crippen LogP contribution in [-0.2, 0) is 4.79 Å². The van der Waals surface area contributed by atoms with E-state index in [1.165, 1.54) is 18.7 Å². The van der Waals surface area contributed by atoms with Gasteiger partial charge in [0.15, 0.2) is 17.3 Å². The van der Waals surface area contributed by atoms with E-state index < -0.39 is 6.61 Å². The van der Waals surface area contributed by atoms with Crippen molar-refractivity contribution in [1.82, 2.24) is 0 Å². The van der Waals surface area contributed by atoms with Crippen molar-refractivity contribution < 1.29 is 28.2 Å². The molecule has 0 aromatic heterocycles. The summed E-state index contributed by atoms with van der Waals surface area (Å²) in [7, 11) is 1.41.